The number of β-amino-alcohol motifs (C(OH)–C–C–N with tert-alkyl or cyclic N) is 1. The van der Waals surface area contributed by atoms with Gasteiger partial charge in [-0.25, -0.2) is 0 Å². The van der Waals surface area contributed by atoms with Gasteiger partial charge in [-0.2, -0.15) is 0 Å². The summed E-state index contributed by atoms with van der Waals surface area (Å²) >= 11 is 0. The van der Waals surface area contributed by atoms with Crippen molar-refractivity contribution in [2.45, 2.75) is 31.3 Å². The van der Waals surface area contributed by atoms with Crippen molar-refractivity contribution in [2.75, 3.05) is 63.9 Å². The number of likely N-dealkylation sites (tertiary alicyclic amines) is 1. The summed E-state index contributed by atoms with van der Waals surface area (Å²) in [4.78, 5) is 19.8. The van der Waals surface area contributed by atoms with E-state index in [4.69, 9.17) is 4.74 Å². The summed E-state index contributed by atoms with van der Waals surface area (Å²) in [6, 6.07) is 7.89. The van der Waals surface area contributed by atoms with E-state index in [1.165, 1.54) is 25.7 Å². The molecule has 6 nitrogen and oxygen atoms in total. The number of carbonyl (C=O) groups excluding carboxylic acids is 1. The zero-order valence-electron chi connectivity index (χ0n) is 16.1. The first-order valence-electron chi connectivity index (χ1n) is 10.3. The van der Waals surface area contributed by atoms with Crippen molar-refractivity contribution in [1.29, 1.82) is 0 Å². The lowest BCUT2D eigenvalue weighted by atomic mass is 10.0. The van der Waals surface area contributed by atoms with Crippen LogP contribution in [0.2, 0.25) is 0 Å². The second kappa shape index (κ2) is 8.17. The highest BCUT2D eigenvalue weighted by Gasteiger charge is 2.37. The van der Waals surface area contributed by atoms with E-state index in [2.05, 4.69) is 9.80 Å². The molecular weight excluding hydrogens is 342 g/mol. The first kappa shape index (κ1) is 18.7. The molecule has 1 aromatic rings. The molecule has 1 amide bonds. The summed E-state index contributed by atoms with van der Waals surface area (Å²) in [6.45, 7) is 6.25. The quantitative estimate of drug-likeness (QED) is 0.869. The van der Waals surface area contributed by atoms with Gasteiger partial charge in [-0.15, -0.1) is 0 Å². The highest BCUT2D eigenvalue weighted by molar-refractivity contribution is 6.00. The predicted molar refractivity (Wildman–Crippen MR) is 105 cm³/mol. The van der Waals surface area contributed by atoms with Gasteiger partial charge in [0.05, 0.1) is 25.3 Å². The van der Waals surface area contributed by atoms with Gasteiger partial charge < -0.3 is 24.5 Å². The van der Waals surface area contributed by atoms with Crippen molar-refractivity contribution in [1.82, 2.24) is 9.80 Å². The number of hydrogen-bond donors (Lipinski definition) is 1. The fraction of sp³-hybridized carbons (Fsp3) is 0.667. The lowest BCUT2D eigenvalue weighted by Crippen LogP contribution is -2.53. The van der Waals surface area contributed by atoms with Crippen LogP contribution in [0, 0.1) is 0 Å². The number of benzene rings is 1. The maximum absolute atomic E-state index is 13.4. The fourth-order valence-electron chi connectivity index (χ4n) is 4.60. The standard InChI is InChI=1S/C21H31N3O3/c25-20(18-7-1-2-8-19(18)23-11-5-6-12-23)24-13-14-27-17-21(26,16-24)15-22-9-3-4-10-22/h1-2,7-8,26H,3-6,9-17H2. The van der Waals surface area contributed by atoms with Gasteiger partial charge in [-0.3, -0.25) is 4.79 Å². The summed E-state index contributed by atoms with van der Waals surface area (Å²) in [5.41, 5.74) is 0.761. The van der Waals surface area contributed by atoms with Crippen LogP contribution < -0.4 is 4.90 Å². The maximum atomic E-state index is 13.4. The second-order valence-electron chi connectivity index (χ2n) is 8.20. The van der Waals surface area contributed by atoms with Gasteiger partial charge in [0.2, 0.25) is 0 Å². The van der Waals surface area contributed by atoms with E-state index in [0.29, 0.717) is 32.8 Å². The number of hydrogen-bond acceptors (Lipinski definition) is 5. The van der Waals surface area contributed by atoms with Crippen LogP contribution in [0.15, 0.2) is 24.3 Å². The number of aliphatic hydroxyl groups is 1. The normalized spacial score (nSPS) is 27.1. The van der Waals surface area contributed by atoms with Crippen molar-refractivity contribution in [3.05, 3.63) is 29.8 Å². The first-order valence-corrected chi connectivity index (χ1v) is 10.3. The van der Waals surface area contributed by atoms with Crippen LogP contribution in [-0.4, -0.2) is 85.4 Å². The number of amides is 1. The Labute approximate surface area is 161 Å². The molecule has 148 valence electrons. The molecule has 3 heterocycles. The maximum Gasteiger partial charge on any atom is 0.256 e. The minimum Gasteiger partial charge on any atom is -0.384 e. The van der Waals surface area contributed by atoms with E-state index in [1.807, 2.05) is 24.3 Å². The van der Waals surface area contributed by atoms with Crippen molar-refractivity contribution < 1.29 is 14.6 Å². The Balaban J connectivity index is 1.52. The van der Waals surface area contributed by atoms with Gasteiger partial charge in [-0.05, 0) is 50.9 Å². The second-order valence-corrected chi connectivity index (χ2v) is 8.20. The molecular formula is C21H31N3O3. The largest absolute Gasteiger partial charge is 0.384 e. The molecule has 1 N–H and O–H groups in total. The molecule has 4 rings (SSSR count). The number of rotatable bonds is 4. The van der Waals surface area contributed by atoms with E-state index in [-0.39, 0.29) is 5.91 Å². The summed E-state index contributed by atoms with van der Waals surface area (Å²) < 4.78 is 5.69. The Morgan fingerprint density at radius 1 is 1.04 bits per heavy atom. The predicted octanol–water partition coefficient (Wildman–Crippen LogP) is 1.59. The Morgan fingerprint density at radius 3 is 2.52 bits per heavy atom. The number of para-hydroxylation sites is 1. The molecule has 0 bridgehead atoms. The van der Waals surface area contributed by atoms with Crippen molar-refractivity contribution >= 4 is 11.6 Å². The number of ether oxygens (including phenoxy) is 1. The molecule has 0 aromatic heterocycles. The SMILES string of the molecule is O=C(c1ccccc1N1CCCC1)N1CCOCC(O)(CN2CCCC2)C1. The lowest BCUT2D eigenvalue weighted by Gasteiger charge is -2.34. The Morgan fingerprint density at radius 2 is 1.74 bits per heavy atom. The molecule has 3 aliphatic heterocycles. The highest BCUT2D eigenvalue weighted by atomic mass is 16.5. The third kappa shape index (κ3) is 4.28. The number of carbonyl (C=O) groups is 1. The van der Waals surface area contributed by atoms with Crippen molar-refractivity contribution in [2.24, 2.45) is 0 Å². The van der Waals surface area contributed by atoms with Crippen LogP contribution >= 0.6 is 0 Å². The lowest BCUT2D eigenvalue weighted by molar-refractivity contribution is -0.0524. The summed E-state index contributed by atoms with van der Waals surface area (Å²) in [5.74, 6) is 0.00264. The van der Waals surface area contributed by atoms with Crippen LogP contribution in [0.1, 0.15) is 36.0 Å². The Kier molecular flexibility index (Phi) is 5.66. The molecule has 0 spiro atoms. The van der Waals surface area contributed by atoms with Crippen LogP contribution in [0.4, 0.5) is 5.69 Å². The van der Waals surface area contributed by atoms with Gasteiger partial charge in [0, 0.05) is 31.9 Å². The third-order valence-corrected chi connectivity index (χ3v) is 5.95. The molecule has 27 heavy (non-hydrogen) atoms. The van der Waals surface area contributed by atoms with Gasteiger partial charge in [0.1, 0.15) is 5.60 Å². The Bertz CT molecular complexity index is 656. The number of anilines is 1. The van der Waals surface area contributed by atoms with E-state index in [0.717, 1.165) is 37.4 Å². The minimum atomic E-state index is -1.00. The van der Waals surface area contributed by atoms with E-state index >= 15 is 0 Å². The van der Waals surface area contributed by atoms with E-state index < -0.39 is 5.60 Å². The van der Waals surface area contributed by atoms with Crippen molar-refractivity contribution in [3.63, 3.8) is 0 Å². The average Bonchev–Trinajstić information content (AvgIpc) is 3.34. The summed E-state index contributed by atoms with van der Waals surface area (Å²) in [6.07, 6.45) is 4.72. The summed E-state index contributed by atoms with van der Waals surface area (Å²) in [5, 5.41) is 11.2. The molecule has 1 atom stereocenters. The monoisotopic (exact) mass is 373 g/mol. The van der Waals surface area contributed by atoms with Gasteiger partial charge >= 0.3 is 0 Å². The molecule has 3 aliphatic rings. The first-order chi connectivity index (χ1) is 13.1. The highest BCUT2D eigenvalue weighted by Crippen LogP contribution is 2.27. The fourth-order valence-corrected chi connectivity index (χ4v) is 4.60. The van der Waals surface area contributed by atoms with Crippen LogP contribution in [0.3, 0.4) is 0 Å². The van der Waals surface area contributed by atoms with Crippen LogP contribution in [0.25, 0.3) is 0 Å². The average molecular weight is 373 g/mol. The molecule has 0 aliphatic carbocycles. The zero-order chi connectivity index (χ0) is 18.7. The summed E-state index contributed by atoms with van der Waals surface area (Å²) in [7, 11) is 0. The smallest absolute Gasteiger partial charge is 0.256 e. The topological polar surface area (TPSA) is 56.3 Å². The number of nitrogens with zero attached hydrogens (tertiary/aromatic N) is 3. The third-order valence-electron chi connectivity index (χ3n) is 5.95. The van der Waals surface area contributed by atoms with Crippen molar-refractivity contribution in [3.8, 4) is 0 Å². The minimum absolute atomic E-state index is 0.00264. The molecule has 1 unspecified atom stereocenters. The molecule has 0 radical (unpaired) electrons. The molecule has 1 aromatic carbocycles. The zero-order valence-corrected chi connectivity index (χ0v) is 16.1. The Hall–Kier alpha value is -1.63. The van der Waals surface area contributed by atoms with Gasteiger partial charge in [0.25, 0.3) is 5.91 Å². The molecule has 3 fully saturated rings. The van der Waals surface area contributed by atoms with E-state index in [9.17, 15) is 9.90 Å². The van der Waals surface area contributed by atoms with Crippen LogP contribution in [0.5, 0.6) is 0 Å². The molecule has 3 saturated heterocycles. The molecule has 6 heteroatoms. The van der Waals surface area contributed by atoms with Crippen LogP contribution in [-0.2, 0) is 4.74 Å². The molecule has 0 saturated carbocycles. The van der Waals surface area contributed by atoms with E-state index in [1.54, 1.807) is 4.90 Å². The van der Waals surface area contributed by atoms with Gasteiger partial charge in [0.15, 0.2) is 0 Å². The van der Waals surface area contributed by atoms with Gasteiger partial charge in [-0.1, -0.05) is 12.1 Å².